The van der Waals surface area contributed by atoms with Gasteiger partial charge in [0.1, 0.15) is 5.75 Å². The minimum absolute atomic E-state index is 0. The smallest absolute Gasteiger partial charge is 0.120 e. The summed E-state index contributed by atoms with van der Waals surface area (Å²) in [5, 5.41) is 13.6. The molecule has 78 valence electrons. The van der Waals surface area contributed by atoms with Crippen LogP contribution in [0.5, 0.6) is 5.75 Å². The summed E-state index contributed by atoms with van der Waals surface area (Å²) in [5.74, 6) is 0.337. The first-order valence-electron chi connectivity index (χ1n) is 4.49. The van der Waals surface area contributed by atoms with Crippen molar-refractivity contribution in [2.75, 3.05) is 6.54 Å². The highest BCUT2D eigenvalue weighted by Crippen LogP contribution is 2.31. The highest BCUT2D eigenvalue weighted by molar-refractivity contribution is 6.30. The summed E-state index contributed by atoms with van der Waals surface area (Å²) < 4.78 is 0. The number of hydrogen-bond donors (Lipinski definition) is 2. The Labute approximate surface area is 94.7 Å². The Morgan fingerprint density at radius 3 is 2.86 bits per heavy atom. The third-order valence-corrected chi connectivity index (χ3v) is 2.66. The molecule has 1 aromatic carbocycles. The van der Waals surface area contributed by atoms with E-state index >= 15 is 0 Å². The molecule has 0 radical (unpaired) electrons. The Hall–Kier alpha value is -0.440. The molecule has 0 unspecified atom stereocenters. The molecule has 1 atom stereocenters. The van der Waals surface area contributed by atoms with E-state index in [1.807, 2.05) is 6.07 Å². The van der Waals surface area contributed by atoms with Crippen molar-refractivity contribution in [3.05, 3.63) is 28.8 Å². The van der Waals surface area contributed by atoms with Crippen LogP contribution in [-0.2, 0) is 0 Å². The van der Waals surface area contributed by atoms with Crippen molar-refractivity contribution in [1.82, 2.24) is 5.32 Å². The fourth-order valence-electron chi connectivity index (χ4n) is 1.75. The van der Waals surface area contributed by atoms with Crippen molar-refractivity contribution in [2.24, 2.45) is 0 Å². The molecule has 0 spiro atoms. The fourth-order valence-corrected chi connectivity index (χ4v) is 1.94. The van der Waals surface area contributed by atoms with Crippen LogP contribution in [0.25, 0.3) is 0 Å². The Morgan fingerprint density at radius 1 is 1.43 bits per heavy atom. The number of aromatic hydroxyl groups is 1. The molecule has 1 fully saturated rings. The Balaban J connectivity index is 0.000000980. The molecule has 1 aromatic rings. The monoisotopic (exact) mass is 233 g/mol. The van der Waals surface area contributed by atoms with Crippen LogP contribution in [0.1, 0.15) is 24.4 Å². The molecule has 0 aromatic heterocycles. The first-order chi connectivity index (χ1) is 6.27. The van der Waals surface area contributed by atoms with Crippen LogP contribution in [0.2, 0.25) is 5.02 Å². The lowest BCUT2D eigenvalue weighted by atomic mass is 10.0. The topological polar surface area (TPSA) is 32.3 Å². The van der Waals surface area contributed by atoms with Crippen molar-refractivity contribution in [3.8, 4) is 5.75 Å². The third kappa shape index (κ3) is 2.32. The summed E-state index contributed by atoms with van der Waals surface area (Å²) in [7, 11) is 0. The zero-order valence-corrected chi connectivity index (χ0v) is 9.24. The number of benzene rings is 1. The Kier molecular flexibility index (Phi) is 4.05. The lowest BCUT2D eigenvalue weighted by Crippen LogP contribution is -2.12. The van der Waals surface area contributed by atoms with Crippen LogP contribution in [0.4, 0.5) is 0 Å². The molecule has 2 nitrogen and oxygen atoms in total. The molecule has 0 saturated carbocycles. The summed E-state index contributed by atoms with van der Waals surface area (Å²) in [5.41, 5.74) is 0.921. The van der Waals surface area contributed by atoms with Gasteiger partial charge in [-0.3, -0.25) is 0 Å². The molecule has 1 aliphatic heterocycles. The highest BCUT2D eigenvalue weighted by Gasteiger charge is 2.19. The van der Waals surface area contributed by atoms with Gasteiger partial charge in [0.25, 0.3) is 0 Å². The molecule has 1 heterocycles. The lowest BCUT2D eigenvalue weighted by Gasteiger charge is -2.12. The molecule has 0 amide bonds. The average molecular weight is 234 g/mol. The SMILES string of the molecule is Cl.Oc1ccc(Cl)cc1[C@H]1CCCN1. The van der Waals surface area contributed by atoms with Gasteiger partial charge in [0.15, 0.2) is 0 Å². The van der Waals surface area contributed by atoms with Gasteiger partial charge in [-0.2, -0.15) is 0 Å². The standard InChI is InChI=1S/C10H12ClNO.ClH/c11-7-3-4-10(13)8(6-7)9-2-1-5-12-9;/h3-4,6,9,12-13H,1-2,5H2;1H/t9-;/m1./s1. The van der Waals surface area contributed by atoms with Gasteiger partial charge >= 0.3 is 0 Å². The van der Waals surface area contributed by atoms with E-state index in [1.54, 1.807) is 12.1 Å². The highest BCUT2D eigenvalue weighted by atomic mass is 35.5. The first kappa shape index (κ1) is 11.6. The van der Waals surface area contributed by atoms with E-state index in [9.17, 15) is 5.11 Å². The van der Waals surface area contributed by atoms with E-state index in [2.05, 4.69) is 5.32 Å². The van der Waals surface area contributed by atoms with Gasteiger partial charge in [-0.15, -0.1) is 12.4 Å². The minimum atomic E-state index is 0. The van der Waals surface area contributed by atoms with Crippen LogP contribution in [-0.4, -0.2) is 11.7 Å². The van der Waals surface area contributed by atoms with Gasteiger partial charge in [0.05, 0.1) is 0 Å². The summed E-state index contributed by atoms with van der Waals surface area (Å²) in [6.45, 7) is 1.02. The molecular formula is C10H13Cl2NO. The van der Waals surface area contributed by atoms with Crippen LogP contribution >= 0.6 is 24.0 Å². The second-order valence-corrected chi connectivity index (χ2v) is 3.79. The third-order valence-electron chi connectivity index (χ3n) is 2.43. The fraction of sp³-hybridized carbons (Fsp3) is 0.400. The predicted molar refractivity (Wildman–Crippen MR) is 60.3 cm³/mol. The lowest BCUT2D eigenvalue weighted by molar-refractivity contribution is 0.457. The van der Waals surface area contributed by atoms with Crippen molar-refractivity contribution < 1.29 is 5.11 Å². The normalized spacial score (nSPS) is 20.5. The molecule has 14 heavy (non-hydrogen) atoms. The summed E-state index contributed by atoms with van der Waals surface area (Å²) in [6.07, 6.45) is 2.24. The van der Waals surface area contributed by atoms with Crippen molar-refractivity contribution >= 4 is 24.0 Å². The largest absolute Gasteiger partial charge is 0.508 e. The molecule has 1 saturated heterocycles. The Morgan fingerprint density at radius 2 is 2.21 bits per heavy atom. The molecule has 2 rings (SSSR count). The molecule has 2 N–H and O–H groups in total. The van der Waals surface area contributed by atoms with Gasteiger partial charge in [-0.25, -0.2) is 0 Å². The van der Waals surface area contributed by atoms with Gasteiger partial charge in [0, 0.05) is 16.6 Å². The maximum atomic E-state index is 9.60. The average Bonchev–Trinajstić information content (AvgIpc) is 2.61. The van der Waals surface area contributed by atoms with Crippen LogP contribution in [0.15, 0.2) is 18.2 Å². The van der Waals surface area contributed by atoms with Crippen LogP contribution in [0.3, 0.4) is 0 Å². The summed E-state index contributed by atoms with van der Waals surface area (Å²) in [4.78, 5) is 0. The van der Waals surface area contributed by atoms with Gasteiger partial charge in [-0.05, 0) is 37.6 Å². The van der Waals surface area contributed by atoms with E-state index in [-0.39, 0.29) is 18.4 Å². The predicted octanol–water partition coefficient (Wildman–Crippen LogP) is 2.89. The molecular weight excluding hydrogens is 221 g/mol. The zero-order chi connectivity index (χ0) is 9.26. The number of hydrogen-bond acceptors (Lipinski definition) is 2. The Bertz CT molecular complexity index is 311. The van der Waals surface area contributed by atoms with Crippen molar-refractivity contribution in [2.45, 2.75) is 18.9 Å². The summed E-state index contributed by atoms with van der Waals surface area (Å²) in [6, 6.07) is 5.46. The van der Waals surface area contributed by atoms with Gasteiger partial charge in [0.2, 0.25) is 0 Å². The molecule has 4 heteroatoms. The quantitative estimate of drug-likeness (QED) is 0.783. The first-order valence-corrected chi connectivity index (χ1v) is 4.87. The van der Waals surface area contributed by atoms with E-state index in [0.717, 1.165) is 24.9 Å². The summed E-state index contributed by atoms with van der Waals surface area (Å²) >= 11 is 5.86. The zero-order valence-electron chi connectivity index (χ0n) is 7.66. The van der Waals surface area contributed by atoms with E-state index in [1.165, 1.54) is 0 Å². The molecule has 0 bridgehead atoms. The number of nitrogens with one attached hydrogen (secondary N) is 1. The minimum Gasteiger partial charge on any atom is -0.508 e. The van der Waals surface area contributed by atoms with E-state index in [0.29, 0.717) is 10.8 Å². The molecule has 1 aliphatic rings. The second-order valence-electron chi connectivity index (χ2n) is 3.35. The van der Waals surface area contributed by atoms with Crippen molar-refractivity contribution in [1.29, 1.82) is 0 Å². The van der Waals surface area contributed by atoms with E-state index < -0.39 is 0 Å². The maximum Gasteiger partial charge on any atom is 0.120 e. The van der Waals surface area contributed by atoms with Gasteiger partial charge < -0.3 is 10.4 Å². The van der Waals surface area contributed by atoms with E-state index in [4.69, 9.17) is 11.6 Å². The molecule has 0 aliphatic carbocycles. The van der Waals surface area contributed by atoms with Gasteiger partial charge in [-0.1, -0.05) is 11.6 Å². The van der Waals surface area contributed by atoms with Crippen molar-refractivity contribution in [3.63, 3.8) is 0 Å². The number of phenols is 1. The van der Waals surface area contributed by atoms with Crippen LogP contribution in [0, 0.1) is 0 Å². The number of rotatable bonds is 1. The van der Waals surface area contributed by atoms with Crippen LogP contribution < -0.4 is 5.32 Å². The second kappa shape index (κ2) is 4.87. The number of phenolic OH excluding ortho intramolecular Hbond substituents is 1. The number of halogens is 2. The maximum absolute atomic E-state index is 9.60.